The van der Waals surface area contributed by atoms with E-state index < -0.39 is 0 Å². The first-order chi connectivity index (χ1) is 11.7. The Morgan fingerprint density at radius 1 is 0.667 bits per heavy atom. The largest absolute Gasteiger partial charge is 0.286 e. The van der Waals surface area contributed by atoms with Crippen LogP contribution in [0.3, 0.4) is 0 Å². The topological polar surface area (TPSA) is 41.9 Å². The first kappa shape index (κ1) is 17.2. The lowest BCUT2D eigenvalue weighted by atomic mass is 10.2. The Morgan fingerprint density at radius 3 is 1.71 bits per heavy atom. The molecular weight excluding hydrogens is 432 g/mol. The summed E-state index contributed by atoms with van der Waals surface area (Å²) in [6.45, 7) is 2.19. The Hall–Kier alpha value is -1.63. The van der Waals surface area contributed by atoms with Gasteiger partial charge in [0.2, 0.25) is 0 Å². The Bertz CT molecular complexity index is 748. The van der Waals surface area contributed by atoms with E-state index in [0.717, 1.165) is 45.9 Å². The van der Waals surface area contributed by atoms with E-state index in [0.29, 0.717) is 0 Å². The summed E-state index contributed by atoms with van der Waals surface area (Å²) in [4.78, 5) is 15.8. The molecule has 0 aliphatic rings. The second-order valence-electron chi connectivity index (χ2n) is 5.37. The molecule has 0 unspecified atom stereocenters. The third-order valence-electron chi connectivity index (χ3n) is 3.43. The molecule has 0 N–H and O–H groups in total. The minimum atomic E-state index is 0.726. The first-order valence-corrected chi connectivity index (χ1v) is 9.13. The Labute approximate surface area is 158 Å². The van der Waals surface area contributed by atoms with Crippen LogP contribution in [0.25, 0.3) is 0 Å². The summed E-state index contributed by atoms with van der Waals surface area (Å²) >= 11 is 6.87. The SMILES string of the molecule is Brc1cccc(CN(Cc2ccccn2)Cc2cccc(Br)n2)n1. The predicted molar refractivity (Wildman–Crippen MR) is 101 cm³/mol. The molecule has 0 fully saturated rings. The number of hydrogen-bond acceptors (Lipinski definition) is 4. The van der Waals surface area contributed by atoms with Gasteiger partial charge in [-0.05, 0) is 68.3 Å². The maximum Gasteiger partial charge on any atom is 0.106 e. The van der Waals surface area contributed by atoms with E-state index in [9.17, 15) is 0 Å². The van der Waals surface area contributed by atoms with Gasteiger partial charge in [-0.15, -0.1) is 0 Å². The molecule has 3 heterocycles. The summed E-state index contributed by atoms with van der Waals surface area (Å²) in [7, 11) is 0. The van der Waals surface area contributed by atoms with Crippen LogP contribution in [0.5, 0.6) is 0 Å². The van der Waals surface area contributed by atoms with Crippen molar-refractivity contribution in [2.24, 2.45) is 0 Å². The molecule has 3 aromatic heterocycles. The van der Waals surface area contributed by atoms with Crippen molar-refractivity contribution >= 4 is 31.9 Å². The van der Waals surface area contributed by atoms with Crippen LogP contribution in [-0.4, -0.2) is 19.9 Å². The van der Waals surface area contributed by atoms with Crippen molar-refractivity contribution in [3.63, 3.8) is 0 Å². The van der Waals surface area contributed by atoms with Crippen molar-refractivity contribution < 1.29 is 0 Å². The summed E-state index contributed by atoms with van der Waals surface area (Å²) in [5.74, 6) is 0. The second kappa shape index (κ2) is 8.46. The zero-order valence-electron chi connectivity index (χ0n) is 12.9. The molecule has 0 saturated carbocycles. The number of rotatable bonds is 6. The second-order valence-corrected chi connectivity index (χ2v) is 6.99. The Balaban J connectivity index is 1.80. The summed E-state index contributed by atoms with van der Waals surface area (Å²) in [5, 5.41) is 0. The molecule has 0 bridgehead atoms. The summed E-state index contributed by atoms with van der Waals surface area (Å²) < 4.78 is 1.69. The van der Waals surface area contributed by atoms with Gasteiger partial charge < -0.3 is 0 Å². The van der Waals surface area contributed by atoms with E-state index in [1.807, 2.05) is 60.8 Å². The van der Waals surface area contributed by atoms with Crippen LogP contribution < -0.4 is 0 Å². The molecule has 0 aliphatic carbocycles. The molecule has 122 valence electrons. The molecular formula is C18H16Br2N4. The number of hydrogen-bond donors (Lipinski definition) is 0. The smallest absolute Gasteiger partial charge is 0.106 e. The molecule has 0 aromatic carbocycles. The van der Waals surface area contributed by atoms with Gasteiger partial charge in [-0.3, -0.25) is 9.88 Å². The van der Waals surface area contributed by atoms with Gasteiger partial charge in [-0.2, -0.15) is 0 Å². The Morgan fingerprint density at radius 2 is 1.21 bits per heavy atom. The highest BCUT2D eigenvalue weighted by atomic mass is 79.9. The molecule has 0 aliphatic heterocycles. The molecule has 4 nitrogen and oxygen atoms in total. The monoisotopic (exact) mass is 446 g/mol. The summed E-state index contributed by atoms with van der Waals surface area (Å²) in [6.07, 6.45) is 1.82. The highest BCUT2D eigenvalue weighted by Gasteiger charge is 2.11. The minimum Gasteiger partial charge on any atom is -0.286 e. The lowest BCUT2D eigenvalue weighted by Gasteiger charge is -2.21. The van der Waals surface area contributed by atoms with Gasteiger partial charge in [-0.25, -0.2) is 9.97 Å². The number of halogens is 2. The molecule has 0 saturated heterocycles. The van der Waals surface area contributed by atoms with Crippen LogP contribution in [0.1, 0.15) is 17.1 Å². The van der Waals surface area contributed by atoms with Gasteiger partial charge in [0.15, 0.2) is 0 Å². The van der Waals surface area contributed by atoms with Crippen molar-refractivity contribution in [3.8, 4) is 0 Å². The Kier molecular flexibility index (Phi) is 6.07. The molecule has 0 spiro atoms. The highest BCUT2D eigenvalue weighted by molar-refractivity contribution is 9.10. The van der Waals surface area contributed by atoms with Gasteiger partial charge in [0, 0.05) is 25.8 Å². The van der Waals surface area contributed by atoms with Gasteiger partial charge in [-0.1, -0.05) is 18.2 Å². The van der Waals surface area contributed by atoms with Crippen LogP contribution in [0.15, 0.2) is 70.0 Å². The van der Waals surface area contributed by atoms with Crippen molar-refractivity contribution in [1.29, 1.82) is 0 Å². The first-order valence-electron chi connectivity index (χ1n) is 7.54. The van der Waals surface area contributed by atoms with Crippen molar-refractivity contribution in [1.82, 2.24) is 19.9 Å². The molecule has 3 rings (SSSR count). The fourth-order valence-corrected chi connectivity index (χ4v) is 3.18. The van der Waals surface area contributed by atoms with Crippen molar-refractivity contribution in [2.45, 2.75) is 19.6 Å². The van der Waals surface area contributed by atoms with Crippen molar-refractivity contribution in [3.05, 3.63) is 87.1 Å². The van der Waals surface area contributed by atoms with Crippen LogP contribution >= 0.6 is 31.9 Å². The quantitative estimate of drug-likeness (QED) is 0.518. The number of nitrogens with zero attached hydrogens (tertiary/aromatic N) is 4. The van der Waals surface area contributed by atoms with Gasteiger partial charge in [0.1, 0.15) is 9.21 Å². The van der Waals surface area contributed by atoms with E-state index in [-0.39, 0.29) is 0 Å². The summed E-state index contributed by atoms with van der Waals surface area (Å²) in [6, 6.07) is 17.9. The maximum absolute atomic E-state index is 4.54. The third kappa shape index (κ3) is 5.19. The van der Waals surface area contributed by atoms with Crippen LogP contribution in [0, 0.1) is 0 Å². The summed E-state index contributed by atoms with van der Waals surface area (Å²) in [5.41, 5.74) is 3.05. The van der Waals surface area contributed by atoms with Crippen LogP contribution in [0.2, 0.25) is 0 Å². The highest BCUT2D eigenvalue weighted by Crippen LogP contribution is 2.14. The van der Waals surface area contributed by atoms with Crippen LogP contribution in [0.4, 0.5) is 0 Å². The van der Waals surface area contributed by atoms with Gasteiger partial charge in [0.05, 0.1) is 17.1 Å². The fraction of sp³-hybridized carbons (Fsp3) is 0.167. The predicted octanol–water partition coefficient (Wildman–Crippen LogP) is 4.60. The number of aromatic nitrogens is 3. The van der Waals surface area contributed by atoms with E-state index in [4.69, 9.17) is 0 Å². The average molecular weight is 448 g/mol. The molecule has 0 atom stereocenters. The normalized spacial score (nSPS) is 11.0. The zero-order valence-corrected chi connectivity index (χ0v) is 16.1. The van der Waals surface area contributed by atoms with E-state index in [1.54, 1.807) is 0 Å². The standard InChI is InChI=1S/C18H16Br2N4/c19-17-8-3-6-15(22-17)12-24(11-14-5-1-2-10-21-14)13-16-7-4-9-18(20)23-16/h1-10H,11-13H2. The van der Waals surface area contributed by atoms with Crippen LogP contribution in [-0.2, 0) is 19.6 Å². The van der Waals surface area contributed by atoms with Gasteiger partial charge >= 0.3 is 0 Å². The molecule has 0 radical (unpaired) electrons. The fourth-order valence-electron chi connectivity index (χ4n) is 2.42. The molecule has 0 amide bonds. The minimum absolute atomic E-state index is 0.726. The lowest BCUT2D eigenvalue weighted by Crippen LogP contribution is -2.24. The maximum atomic E-state index is 4.54. The van der Waals surface area contributed by atoms with Crippen molar-refractivity contribution in [2.75, 3.05) is 0 Å². The van der Waals surface area contributed by atoms with Gasteiger partial charge in [0.25, 0.3) is 0 Å². The van der Waals surface area contributed by atoms with E-state index in [1.165, 1.54) is 0 Å². The number of pyridine rings is 3. The third-order valence-corrected chi connectivity index (χ3v) is 4.31. The average Bonchev–Trinajstić information content (AvgIpc) is 2.56. The molecule has 24 heavy (non-hydrogen) atoms. The lowest BCUT2D eigenvalue weighted by molar-refractivity contribution is 0.238. The molecule has 6 heteroatoms. The van der Waals surface area contributed by atoms with E-state index >= 15 is 0 Å². The molecule has 3 aromatic rings. The zero-order chi connectivity index (χ0) is 16.8. The van der Waals surface area contributed by atoms with E-state index in [2.05, 4.69) is 51.7 Å².